The van der Waals surface area contributed by atoms with Gasteiger partial charge in [-0.3, -0.25) is 20.0 Å². The van der Waals surface area contributed by atoms with Crippen LogP contribution in [0.15, 0.2) is 0 Å². The van der Waals surface area contributed by atoms with Crippen LogP contribution in [0.3, 0.4) is 0 Å². The molecule has 1 aliphatic rings. The van der Waals surface area contributed by atoms with Crippen LogP contribution in [0.25, 0.3) is 0 Å². The highest BCUT2D eigenvalue weighted by Gasteiger charge is 2.40. The number of likely N-dealkylation sites (tertiary alicyclic amines) is 1. The summed E-state index contributed by atoms with van der Waals surface area (Å²) in [6, 6.07) is 0. The van der Waals surface area contributed by atoms with Gasteiger partial charge in [-0.15, -0.1) is 5.10 Å². The first-order chi connectivity index (χ1) is 9.24. The summed E-state index contributed by atoms with van der Waals surface area (Å²) >= 11 is 0. The Morgan fingerprint density at radius 3 is 2.80 bits per heavy atom. The predicted molar refractivity (Wildman–Crippen MR) is 60.5 cm³/mol. The molecule has 0 aliphatic carbocycles. The third-order valence-electron chi connectivity index (χ3n) is 2.79. The summed E-state index contributed by atoms with van der Waals surface area (Å²) in [5.74, 6) is -1.56. The van der Waals surface area contributed by atoms with Crippen LogP contribution >= 0.6 is 0 Å². The SMILES string of the molecule is Cc1nc(NC(=O)C2CC(=O)N(CC(F)(F)F)C2)n[nH]1. The molecule has 1 atom stereocenters. The fourth-order valence-corrected chi connectivity index (χ4v) is 1.93. The van der Waals surface area contributed by atoms with E-state index in [1.807, 2.05) is 0 Å². The molecule has 1 aliphatic heterocycles. The van der Waals surface area contributed by atoms with E-state index in [0.29, 0.717) is 10.7 Å². The second kappa shape index (κ2) is 5.10. The molecule has 20 heavy (non-hydrogen) atoms. The molecule has 110 valence electrons. The summed E-state index contributed by atoms with van der Waals surface area (Å²) in [6.45, 7) is 0.0375. The van der Waals surface area contributed by atoms with Crippen LogP contribution in [-0.4, -0.2) is 51.2 Å². The Morgan fingerprint density at radius 1 is 1.55 bits per heavy atom. The summed E-state index contributed by atoms with van der Waals surface area (Å²) in [4.78, 5) is 27.7. The number of nitrogens with zero attached hydrogens (tertiary/aromatic N) is 3. The minimum absolute atomic E-state index is 0.0363. The number of rotatable bonds is 3. The van der Waals surface area contributed by atoms with Gasteiger partial charge < -0.3 is 4.90 Å². The highest BCUT2D eigenvalue weighted by atomic mass is 19.4. The van der Waals surface area contributed by atoms with Crippen molar-refractivity contribution >= 4 is 17.8 Å². The molecule has 2 amide bonds. The van der Waals surface area contributed by atoms with Crippen molar-refractivity contribution in [2.45, 2.75) is 19.5 Å². The summed E-state index contributed by atoms with van der Waals surface area (Å²) in [5.41, 5.74) is 0. The predicted octanol–water partition coefficient (Wildman–Crippen LogP) is 0.462. The van der Waals surface area contributed by atoms with Gasteiger partial charge in [0.25, 0.3) is 0 Å². The van der Waals surface area contributed by atoms with Gasteiger partial charge in [0.1, 0.15) is 12.4 Å². The molecule has 1 saturated heterocycles. The molecule has 2 N–H and O–H groups in total. The minimum atomic E-state index is -4.47. The number of aryl methyl sites for hydroxylation is 1. The molecule has 1 aromatic heterocycles. The summed E-state index contributed by atoms with van der Waals surface area (Å²) in [7, 11) is 0. The van der Waals surface area contributed by atoms with Crippen molar-refractivity contribution in [1.29, 1.82) is 0 Å². The zero-order valence-corrected chi connectivity index (χ0v) is 10.5. The van der Waals surface area contributed by atoms with E-state index in [4.69, 9.17) is 0 Å². The van der Waals surface area contributed by atoms with Gasteiger partial charge in [-0.1, -0.05) is 0 Å². The van der Waals surface area contributed by atoms with Gasteiger partial charge in [0.05, 0.1) is 5.92 Å². The minimum Gasteiger partial charge on any atom is -0.333 e. The van der Waals surface area contributed by atoms with Gasteiger partial charge in [0, 0.05) is 13.0 Å². The van der Waals surface area contributed by atoms with E-state index in [1.54, 1.807) is 6.92 Å². The number of carbonyl (C=O) groups excluding carboxylic acids is 2. The molecule has 7 nitrogen and oxygen atoms in total. The number of anilines is 1. The lowest BCUT2D eigenvalue weighted by Crippen LogP contribution is -2.36. The van der Waals surface area contributed by atoms with Crippen molar-refractivity contribution in [3.63, 3.8) is 0 Å². The number of hydrogen-bond acceptors (Lipinski definition) is 4. The van der Waals surface area contributed by atoms with Crippen molar-refractivity contribution in [3.05, 3.63) is 5.82 Å². The van der Waals surface area contributed by atoms with E-state index in [9.17, 15) is 22.8 Å². The lowest BCUT2D eigenvalue weighted by Gasteiger charge is -2.18. The quantitative estimate of drug-likeness (QED) is 0.846. The Kier molecular flexibility index (Phi) is 3.64. The Labute approximate surface area is 111 Å². The zero-order chi connectivity index (χ0) is 14.9. The van der Waals surface area contributed by atoms with Crippen LogP contribution in [0, 0.1) is 12.8 Å². The molecule has 1 unspecified atom stereocenters. The number of H-pyrrole nitrogens is 1. The van der Waals surface area contributed by atoms with Crippen LogP contribution in [0.2, 0.25) is 0 Å². The third-order valence-corrected chi connectivity index (χ3v) is 2.79. The summed E-state index contributed by atoms with van der Waals surface area (Å²) < 4.78 is 36.7. The van der Waals surface area contributed by atoms with Gasteiger partial charge in [-0.2, -0.15) is 18.2 Å². The summed E-state index contributed by atoms with van der Waals surface area (Å²) in [6.07, 6.45) is -4.72. The van der Waals surface area contributed by atoms with Crippen molar-refractivity contribution in [1.82, 2.24) is 20.1 Å². The molecule has 10 heteroatoms. The Bertz CT molecular complexity index is 527. The van der Waals surface area contributed by atoms with Gasteiger partial charge in [-0.25, -0.2) is 0 Å². The van der Waals surface area contributed by atoms with Crippen molar-refractivity contribution in [3.8, 4) is 0 Å². The Hall–Kier alpha value is -2.13. The third kappa shape index (κ3) is 3.45. The molecular formula is C10H12F3N5O2. The fraction of sp³-hybridized carbons (Fsp3) is 0.600. The maximum absolute atomic E-state index is 12.2. The second-order valence-electron chi connectivity index (χ2n) is 4.52. The second-order valence-corrected chi connectivity index (χ2v) is 4.52. The maximum atomic E-state index is 12.2. The number of nitrogens with one attached hydrogen (secondary N) is 2. The number of alkyl halides is 3. The number of halogens is 3. The van der Waals surface area contributed by atoms with Crippen LogP contribution < -0.4 is 5.32 Å². The Balaban J connectivity index is 1.94. The van der Waals surface area contributed by atoms with Gasteiger partial charge in [0.2, 0.25) is 17.8 Å². The molecule has 2 heterocycles. The van der Waals surface area contributed by atoms with E-state index in [2.05, 4.69) is 20.5 Å². The number of aromatic nitrogens is 3. The van der Waals surface area contributed by atoms with Gasteiger partial charge >= 0.3 is 6.18 Å². The van der Waals surface area contributed by atoms with E-state index in [-0.39, 0.29) is 18.9 Å². The first kappa shape index (κ1) is 14.3. The molecule has 1 aromatic rings. The van der Waals surface area contributed by atoms with Crippen molar-refractivity contribution in [2.75, 3.05) is 18.4 Å². The number of hydrogen-bond donors (Lipinski definition) is 2. The number of amides is 2. The first-order valence-corrected chi connectivity index (χ1v) is 5.79. The van der Waals surface area contributed by atoms with Crippen LogP contribution in [0.5, 0.6) is 0 Å². The standard InChI is InChI=1S/C10H12F3N5O2/c1-5-14-9(17-16-5)15-8(20)6-2-7(19)18(3-6)4-10(11,12)13/h6H,2-4H2,1H3,(H2,14,15,16,17,20). The largest absolute Gasteiger partial charge is 0.406 e. The number of aromatic amines is 1. The monoisotopic (exact) mass is 291 g/mol. The molecule has 2 rings (SSSR count). The normalized spacial score (nSPS) is 19.5. The molecule has 0 radical (unpaired) electrons. The molecule has 0 bridgehead atoms. The Morgan fingerprint density at radius 2 is 2.25 bits per heavy atom. The van der Waals surface area contributed by atoms with Crippen LogP contribution in [0.1, 0.15) is 12.2 Å². The first-order valence-electron chi connectivity index (χ1n) is 5.79. The van der Waals surface area contributed by atoms with E-state index in [1.165, 1.54) is 0 Å². The summed E-state index contributed by atoms with van der Waals surface area (Å²) in [5, 5.41) is 8.55. The number of carbonyl (C=O) groups is 2. The van der Waals surface area contributed by atoms with E-state index in [0.717, 1.165) is 0 Å². The lowest BCUT2D eigenvalue weighted by molar-refractivity contribution is -0.157. The van der Waals surface area contributed by atoms with E-state index < -0.39 is 30.5 Å². The van der Waals surface area contributed by atoms with Crippen LogP contribution in [0.4, 0.5) is 19.1 Å². The average Bonchev–Trinajstić information content (AvgIpc) is 2.85. The van der Waals surface area contributed by atoms with Gasteiger partial charge in [0.15, 0.2) is 0 Å². The fourth-order valence-electron chi connectivity index (χ4n) is 1.93. The van der Waals surface area contributed by atoms with Crippen molar-refractivity contribution in [2.24, 2.45) is 5.92 Å². The maximum Gasteiger partial charge on any atom is 0.406 e. The van der Waals surface area contributed by atoms with E-state index >= 15 is 0 Å². The van der Waals surface area contributed by atoms with Crippen molar-refractivity contribution < 1.29 is 22.8 Å². The molecule has 0 spiro atoms. The average molecular weight is 291 g/mol. The molecule has 0 aromatic carbocycles. The smallest absolute Gasteiger partial charge is 0.333 e. The molecule has 0 saturated carbocycles. The lowest BCUT2D eigenvalue weighted by atomic mass is 10.1. The molecule has 1 fully saturated rings. The zero-order valence-electron chi connectivity index (χ0n) is 10.5. The van der Waals surface area contributed by atoms with Gasteiger partial charge in [-0.05, 0) is 6.92 Å². The van der Waals surface area contributed by atoms with Crippen LogP contribution in [-0.2, 0) is 9.59 Å². The topological polar surface area (TPSA) is 91.0 Å². The highest BCUT2D eigenvalue weighted by Crippen LogP contribution is 2.24. The highest BCUT2D eigenvalue weighted by molar-refractivity contribution is 5.96. The molecular weight excluding hydrogens is 279 g/mol.